The molecule has 0 aliphatic rings. The quantitative estimate of drug-likeness (QED) is 0.364. The molecule has 21 heavy (non-hydrogen) atoms. The number of hydrogen-bond donors (Lipinski definition) is 1. The first-order valence-corrected chi connectivity index (χ1v) is 7.89. The van der Waals surface area contributed by atoms with Crippen LogP contribution in [0.5, 0.6) is 0 Å². The summed E-state index contributed by atoms with van der Waals surface area (Å²) in [5.41, 5.74) is 4.15. The third kappa shape index (κ3) is 2.18. The largest absolute Gasteiger partial charge is 0.423 e. The lowest BCUT2D eigenvalue weighted by molar-refractivity contribution is 0.628. The zero-order valence-electron chi connectivity index (χ0n) is 10.4. The van der Waals surface area contributed by atoms with E-state index in [9.17, 15) is 0 Å². The topological polar surface area (TPSA) is 68.2 Å². The van der Waals surface area contributed by atoms with Crippen molar-refractivity contribution in [3.8, 4) is 11.3 Å². The highest BCUT2D eigenvalue weighted by Crippen LogP contribution is 2.26. The van der Waals surface area contributed by atoms with Gasteiger partial charge in [0.05, 0.1) is 39.2 Å². The molecule has 0 spiro atoms. The van der Waals surface area contributed by atoms with Crippen LogP contribution in [0.4, 0.5) is 6.01 Å². The lowest BCUT2D eigenvalue weighted by atomic mass is 10.1. The van der Waals surface area contributed by atoms with E-state index < -0.39 is 0 Å². The van der Waals surface area contributed by atoms with Gasteiger partial charge in [-0.1, -0.05) is 0 Å². The Hall–Kier alpha value is -1.68. The molecule has 0 fully saturated rings. The number of oxazole rings is 1. The van der Waals surface area contributed by atoms with Crippen molar-refractivity contribution >= 4 is 61.6 Å². The second-order valence-corrected chi connectivity index (χ2v) is 5.76. The Morgan fingerprint density at radius 3 is 3.00 bits per heavy atom. The molecule has 104 valence electrons. The van der Waals surface area contributed by atoms with Crippen molar-refractivity contribution in [2.75, 3.05) is 3.53 Å². The van der Waals surface area contributed by atoms with Gasteiger partial charge in [-0.25, -0.2) is 9.50 Å². The number of nitrogens with zero attached hydrogens (tertiary/aromatic N) is 4. The summed E-state index contributed by atoms with van der Waals surface area (Å²) in [7, 11) is 0. The van der Waals surface area contributed by atoms with E-state index in [0.717, 1.165) is 32.5 Å². The number of anilines is 1. The standard InChI is InChI=1S/C13H7BrIN5O/c14-8-6-16-20-4-3-9(17-12(8)20)7-1-2-11-10(5-7)18-13(19-15)21-11/h1-6H,(H,18,19). The number of halogens is 2. The van der Waals surface area contributed by atoms with Crippen LogP contribution in [0.25, 0.3) is 28.0 Å². The molecule has 4 aromatic rings. The summed E-state index contributed by atoms with van der Waals surface area (Å²) >= 11 is 5.43. The Bertz CT molecular complexity index is 964. The lowest BCUT2D eigenvalue weighted by Gasteiger charge is -2.01. The van der Waals surface area contributed by atoms with Crippen molar-refractivity contribution < 1.29 is 4.42 Å². The van der Waals surface area contributed by atoms with Gasteiger partial charge >= 0.3 is 6.01 Å². The number of benzene rings is 1. The fourth-order valence-corrected chi connectivity index (χ4v) is 2.72. The summed E-state index contributed by atoms with van der Waals surface area (Å²) in [6, 6.07) is 8.23. The SMILES string of the molecule is Brc1cnn2ccc(-c3ccc4oc(NI)nc4c3)nc12. The van der Waals surface area contributed by atoms with E-state index in [0.29, 0.717) is 6.01 Å². The van der Waals surface area contributed by atoms with Crippen LogP contribution in [0, 0.1) is 0 Å². The molecule has 8 heteroatoms. The van der Waals surface area contributed by atoms with Crippen LogP contribution in [-0.2, 0) is 0 Å². The molecule has 0 unspecified atom stereocenters. The molecule has 3 aromatic heterocycles. The summed E-state index contributed by atoms with van der Waals surface area (Å²) < 4.78 is 11.0. The average Bonchev–Trinajstić information content (AvgIpc) is 3.09. The van der Waals surface area contributed by atoms with Gasteiger partial charge in [0.2, 0.25) is 0 Å². The molecule has 0 amide bonds. The van der Waals surface area contributed by atoms with Crippen molar-refractivity contribution in [1.82, 2.24) is 19.6 Å². The molecule has 0 radical (unpaired) electrons. The van der Waals surface area contributed by atoms with Crippen LogP contribution in [0.2, 0.25) is 0 Å². The van der Waals surface area contributed by atoms with Crippen molar-refractivity contribution in [3.05, 3.63) is 41.1 Å². The van der Waals surface area contributed by atoms with Gasteiger partial charge in [0, 0.05) is 11.8 Å². The number of aromatic nitrogens is 4. The van der Waals surface area contributed by atoms with Gasteiger partial charge in [-0.05, 0) is 40.2 Å². The molecular formula is C13H7BrIN5O. The van der Waals surface area contributed by atoms with Crippen molar-refractivity contribution in [1.29, 1.82) is 0 Å². The third-order valence-electron chi connectivity index (χ3n) is 3.09. The Labute approximate surface area is 141 Å². The fraction of sp³-hybridized carbons (Fsp3) is 0. The summed E-state index contributed by atoms with van der Waals surface area (Å²) in [5.74, 6) is 0. The lowest BCUT2D eigenvalue weighted by Crippen LogP contribution is -1.91. The third-order valence-corrected chi connectivity index (χ3v) is 4.11. The molecule has 6 nitrogen and oxygen atoms in total. The smallest absolute Gasteiger partial charge is 0.304 e. The van der Waals surface area contributed by atoms with Crippen LogP contribution in [0.1, 0.15) is 0 Å². The van der Waals surface area contributed by atoms with Gasteiger partial charge in [0.25, 0.3) is 0 Å². The maximum atomic E-state index is 5.51. The van der Waals surface area contributed by atoms with Gasteiger partial charge in [-0.2, -0.15) is 10.1 Å². The maximum Gasteiger partial charge on any atom is 0.304 e. The molecule has 1 N–H and O–H groups in total. The normalized spacial score (nSPS) is 11.3. The molecular weight excluding hydrogens is 449 g/mol. The predicted octanol–water partition coefficient (Wildman–Crippen LogP) is 4.06. The van der Waals surface area contributed by atoms with E-state index in [2.05, 4.69) is 34.5 Å². The summed E-state index contributed by atoms with van der Waals surface area (Å²) in [6.45, 7) is 0. The van der Waals surface area contributed by atoms with Crippen LogP contribution in [0.15, 0.2) is 45.5 Å². The highest BCUT2D eigenvalue weighted by molar-refractivity contribution is 14.1. The van der Waals surface area contributed by atoms with Crippen LogP contribution in [0.3, 0.4) is 0 Å². The molecule has 3 heterocycles. The number of fused-ring (bicyclic) bond motifs is 2. The summed E-state index contributed by atoms with van der Waals surface area (Å²) in [5, 5.41) is 4.19. The van der Waals surface area contributed by atoms with Gasteiger partial charge in [0.15, 0.2) is 11.2 Å². The second kappa shape index (κ2) is 4.95. The minimum absolute atomic E-state index is 0.490. The molecule has 0 saturated carbocycles. The number of nitrogens with one attached hydrogen (secondary N) is 1. The average molecular weight is 456 g/mol. The van der Waals surface area contributed by atoms with Crippen LogP contribution in [-0.4, -0.2) is 19.6 Å². The maximum absolute atomic E-state index is 5.51. The van der Waals surface area contributed by atoms with Gasteiger partial charge < -0.3 is 4.42 Å². The van der Waals surface area contributed by atoms with Crippen LogP contribution >= 0.6 is 38.8 Å². The fourth-order valence-electron chi connectivity index (χ4n) is 2.13. The van der Waals surface area contributed by atoms with E-state index in [1.165, 1.54) is 0 Å². The Balaban J connectivity index is 1.88. The molecule has 0 bridgehead atoms. The van der Waals surface area contributed by atoms with E-state index in [-0.39, 0.29) is 0 Å². The molecule has 0 aliphatic heterocycles. The van der Waals surface area contributed by atoms with Gasteiger partial charge in [-0.3, -0.25) is 3.53 Å². The Kier molecular flexibility index (Phi) is 3.07. The Morgan fingerprint density at radius 2 is 2.14 bits per heavy atom. The second-order valence-electron chi connectivity index (χ2n) is 4.37. The number of rotatable bonds is 2. The number of hydrogen-bond acceptors (Lipinski definition) is 5. The summed E-state index contributed by atoms with van der Waals surface area (Å²) in [4.78, 5) is 8.96. The van der Waals surface area contributed by atoms with E-state index >= 15 is 0 Å². The minimum atomic E-state index is 0.490. The highest BCUT2D eigenvalue weighted by atomic mass is 127. The zero-order valence-corrected chi connectivity index (χ0v) is 14.2. The zero-order chi connectivity index (χ0) is 14.4. The predicted molar refractivity (Wildman–Crippen MR) is 91.3 cm³/mol. The highest BCUT2D eigenvalue weighted by Gasteiger charge is 2.09. The van der Waals surface area contributed by atoms with E-state index in [4.69, 9.17) is 4.42 Å². The van der Waals surface area contributed by atoms with E-state index in [1.807, 2.05) is 53.3 Å². The van der Waals surface area contributed by atoms with Crippen molar-refractivity contribution in [2.45, 2.75) is 0 Å². The summed E-state index contributed by atoms with van der Waals surface area (Å²) in [6.07, 6.45) is 3.61. The first-order chi connectivity index (χ1) is 10.2. The van der Waals surface area contributed by atoms with Gasteiger partial charge in [0.1, 0.15) is 5.52 Å². The minimum Gasteiger partial charge on any atom is -0.423 e. The van der Waals surface area contributed by atoms with Gasteiger partial charge in [-0.15, -0.1) is 0 Å². The molecule has 0 aliphatic carbocycles. The molecule has 4 rings (SSSR count). The Morgan fingerprint density at radius 1 is 1.24 bits per heavy atom. The monoisotopic (exact) mass is 455 g/mol. The van der Waals surface area contributed by atoms with Crippen molar-refractivity contribution in [3.63, 3.8) is 0 Å². The molecule has 1 aromatic carbocycles. The van der Waals surface area contributed by atoms with E-state index in [1.54, 1.807) is 10.7 Å². The first kappa shape index (κ1) is 13.0. The molecule has 0 atom stereocenters. The first-order valence-electron chi connectivity index (χ1n) is 6.02. The van der Waals surface area contributed by atoms with Crippen molar-refractivity contribution in [2.24, 2.45) is 0 Å². The molecule has 0 saturated heterocycles. The van der Waals surface area contributed by atoms with Crippen LogP contribution < -0.4 is 3.53 Å².